The Bertz CT molecular complexity index is 602. The lowest BCUT2D eigenvalue weighted by Gasteiger charge is -2.24. The highest BCUT2D eigenvalue weighted by molar-refractivity contribution is 8.00. The van der Waals surface area contributed by atoms with Crippen molar-refractivity contribution in [3.05, 3.63) is 66.0 Å². The number of carbonyl (C=O) groups excluding carboxylic acids is 1. The van der Waals surface area contributed by atoms with Crippen LogP contribution in [0.15, 0.2) is 54.6 Å². The van der Waals surface area contributed by atoms with E-state index in [4.69, 9.17) is 0 Å². The average Bonchev–Trinajstić information content (AvgIpc) is 2.82. The molecular weight excluding hydrogens is 261 g/mol. The van der Waals surface area contributed by atoms with Gasteiger partial charge in [0.15, 0.2) is 0 Å². The Labute approximate surface area is 115 Å². The summed E-state index contributed by atoms with van der Waals surface area (Å²) in [5.74, 6) is 0.215. The van der Waals surface area contributed by atoms with Gasteiger partial charge in [0.05, 0.1) is 5.75 Å². The molecule has 0 aromatic heterocycles. The first-order chi connectivity index (χ1) is 9.25. The first-order valence-corrected chi connectivity index (χ1v) is 7.05. The lowest BCUT2D eigenvalue weighted by molar-refractivity contribution is -0.115. The predicted molar refractivity (Wildman–Crippen MR) is 75.5 cm³/mol. The summed E-state index contributed by atoms with van der Waals surface area (Å²) >= 11 is 1.52. The number of nitrogens with zero attached hydrogens (tertiary/aromatic N) is 1. The molecule has 0 bridgehead atoms. The van der Waals surface area contributed by atoms with Crippen LogP contribution in [0.5, 0.6) is 0 Å². The Kier molecular flexibility index (Phi) is 3.25. The third-order valence-electron chi connectivity index (χ3n) is 3.04. The molecule has 1 heterocycles. The largest absolute Gasteiger partial charge is 0.295 e. The normalized spacial score (nSPS) is 18.9. The topological polar surface area (TPSA) is 20.3 Å². The van der Waals surface area contributed by atoms with E-state index in [9.17, 15) is 9.18 Å². The molecule has 0 aliphatic carbocycles. The van der Waals surface area contributed by atoms with Crippen LogP contribution < -0.4 is 4.90 Å². The molecule has 2 nitrogen and oxygen atoms in total. The molecule has 0 unspecified atom stereocenters. The molecule has 3 rings (SSSR count). The molecule has 19 heavy (non-hydrogen) atoms. The van der Waals surface area contributed by atoms with E-state index in [0.717, 1.165) is 11.3 Å². The van der Waals surface area contributed by atoms with Gasteiger partial charge in [-0.1, -0.05) is 30.3 Å². The molecule has 4 heteroatoms. The summed E-state index contributed by atoms with van der Waals surface area (Å²) in [7, 11) is 0. The maximum absolute atomic E-state index is 13.3. The van der Waals surface area contributed by atoms with Crippen LogP contribution in [0.4, 0.5) is 10.1 Å². The third-order valence-corrected chi connectivity index (χ3v) is 4.25. The van der Waals surface area contributed by atoms with Crippen molar-refractivity contribution < 1.29 is 9.18 Å². The van der Waals surface area contributed by atoms with Gasteiger partial charge in [-0.15, -0.1) is 11.8 Å². The van der Waals surface area contributed by atoms with Crippen molar-refractivity contribution >= 4 is 23.4 Å². The number of amides is 1. The van der Waals surface area contributed by atoms with E-state index in [1.54, 1.807) is 11.0 Å². The minimum atomic E-state index is -0.273. The summed E-state index contributed by atoms with van der Waals surface area (Å²) < 4.78 is 13.3. The fourth-order valence-corrected chi connectivity index (χ4v) is 3.37. The number of halogens is 1. The number of thioether (sulfide) groups is 1. The second-order valence-electron chi connectivity index (χ2n) is 4.32. The van der Waals surface area contributed by atoms with Crippen LogP contribution in [0.3, 0.4) is 0 Å². The second-order valence-corrected chi connectivity index (χ2v) is 5.39. The SMILES string of the molecule is O=C1CS[C@@H](c2cccc(F)c2)N1c1ccccc1. The first kappa shape index (κ1) is 12.2. The number of rotatable bonds is 2. The van der Waals surface area contributed by atoms with Crippen molar-refractivity contribution in [2.24, 2.45) is 0 Å². The first-order valence-electron chi connectivity index (χ1n) is 6.00. The molecule has 1 saturated heterocycles. The van der Waals surface area contributed by atoms with Crippen LogP contribution in [0.2, 0.25) is 0 Å². The zero-order chi connectivity index (χ0) is 13.2. The molecule has 2 aromatic rings. The second kappa shape index (κ2) is 5.05. The molecule has 0 spiro atoms. The lowest BCUT2D eigenvalue weighted by Crippen LogP contribution is -2.27. The average molecular weight is 273 g/mol. The lowest BCUT2D eigenvalue weighted by atomic mass is 10.2. The van der Waals surface area contributed by atoms with Gasteiger partial charge in [-0.2, -0.15) is 0 Å². The Balaban J connectivity index is 1.99. The summed E-state index contributed by atoms with van der Waals surface area (Å²) in [5, 5.41) is -0.148. The number of benzene rings is 2. The Hall–Kier alpha value is -1.81. The van der Waals surface area contributed by atoms with Gasteiger partial charge in [-0.25, -0.2) is 4.39 Å². The molecule has 0 N–H and O–H groups in total. The van der Waals surface area contributed by atoms with Crippen molar-refractivity contribution in [3.8, 4) is 0 Å². The van der Waals surface area contributed by atoms with Crippen molar-refractivity contribution in [1.82, 2.24) is 0 Å². The molecule has 2 aromatic carbocycles. The summed E-state index contributed by atoms with van der Waals surface area (Å²) in [5.41, 5.74) is 1.67. The van der Waals surface area contributed by atoms with E-state index >= 15 is 0 Å². The molecule has 1 aliphatic heterocycles. The number of para-hydroxylation sites is 1. The van der Waals surface area contributed by atoms with Crippen molar-refractivity contribution in [2.75, 3.05) is 10.7 Å². The highest BCUT2D eigenvalue weighted by Crippen LogP contribution is 2.41. The van der Waals surface area contributed by atoms with Gasteiger partial charge >= 0.3 is 0 Å². The molecule has 1 aliphatic rings. The van der Waals surface area contributed by atoms with Crippen LogP contribution in [-0.4, -0.2) is 11.7 Å². The molecule has 0 saturated carbocycles. The highest BCUT2D eigenvalue weighted by atomic mass is 32.2. The van der Waals surface area contributed by atoms with Crippen molar-refractivity contribution in [3.63, 3.8) is 0 Å². The number of hydrogen-bond acceptors (Lipinski definition) is 2. The molecule has 1 fully saturated rings. The van der Waals surface area contributed by atoms with Gasteiger partial charge in [0.2, 0.25) is 5.91 Å². The van der Waals surface area contributed by atoms with Gasteiger partial charge in [0.25, 0.3) is 0 Å². The van der Waals surface area contributed by atoms with Crippen molar-refractivity contribution in [1.29, 1.82) is 0 Å². The number of hydrogen-bond donors (Lipinski definition) is 0. The Morgan fingerprint density at radius 3 is 2.63 bits per heavy atom. The van der Waals surface area contributed by atoms with Gasteiger partial charge in [-0.05, 0) is 29.8 Å². The van der Waals surface area contributed by atoms with E-state index in [1.807, 2.05) is 36.4 Å². The smallest absolute Gasteiger partial charge is 0.238 e. The summed E-state index contributed by atoms with van der Waals surface area (Å²) in [6.45, 7) is 0. The predicted octanol–water partition coefficient (Wildman–Crippen LogP) is 3.60. The third kappa shape index (κ3) is 2.36. The zero-order valence-electron chi connectivity index (χ0n) is 10.1. The van der Waals surface area contributed by atoms with Crippen LogP contribution >= 0.6 is 11.8 Å². The maximum atomic E-state index is 13.3. The number of carbonyl (C=O) groups is 1. The fraction of sp³-hybridized carbons (Fsp3) is 0.133. The van der Waals surface area contributed by atoms with E-state index in [-0.39, 0.29) is 17.1 Å². The molecule has 96 valence electrons. The van der Waals surface area contributed by atoms with Crippen LogP contribution in [0.1, 0.15) is 10.9 Å². The summed E-state index contributed by atoms with van der Waals surface area (Å²) in [6, 6.07) is 15.9. The van der Waals surface area contributed by atoms with Gasteiger partial charge in [0, 0.05) is 5.69 Å². The summed E-state index contributed by atoms with van der Waals surface area (Å²) in [4.78, 5) is 13.8. The standard InChI is InChI=1S/C15H12FNOS/c16-12-6-4-5-11(9-12)15-17(14(18)10-19-15)13-7-2-1-3-8-13/h1-9,15H,10H2/t15-/m0/s1. The molecule has 0 radical (unpaired) electrons. The fourth-order valence-electron chi connectivity index (χ4n) is 2.20. The monoisotopic (exact) mass is 273 g/mol. The van der Waals surface area contributed by atoms with Crippen LogP contribution in [0.25, 0.3) is 0 Å². The van der Waals surface area contributed by atoms with Gasteiger partial charge in [-0.3, -0.25) is 9.69 Å². The molecule has 1 amide bonds. The van der Waals surface area contributed by atoms with Gasteiger partial charge in [0.1, 0.15) is 11.2 Å². The minimum Gasteiger partial charge on any atom is -0.295 e. The molecule has 1 atom stereocenters. The quantitative estimate of drug-likeness (QED) is 0.833. The van der Waals surface area contributed by atoms with Gasteiger partial charge < -0.3 is 0 Å². The van der Waals surface area contributed by atoms with E-state index in [1.165, 1.54) is 23.9 Å². The number of anilines is 1. The van der Waals surface area contributed by atoms with Crippen LogP contribution in [-0.2, 0) is 4.79 Å². The Morgan fingerprint density at radius 1 is 1.11 bits per heavy atom. The van der Waals surface area contributed by atoms with E-state index < -0.39 is 0 Å². The van der Waals surface area contributed by atoms with Crippen molar-refractivity contribution in [2.45, 2.75) is 5.37 Å². The van der Waals surface area contributed by atoms with Crippen LogP contribution in [0, 0.1) is 5.82 Å². The highest BCUT2D eigenvalue weighted by Gasteiger charge is 2.33. The zero-order valence-corrected chi connectivity index (χ0v) is 10.9. The van der Waals surface area contributed by atoms with E-state index in [2.05, 4.69) is 0 Å². The summed E-state index contributed by atoms with van der Waals surface area (Å²) in [6.07, 6.45) is 0. The minimum absolute atomic E-state index is 0.0606. The Morgan fingerprint density at radius 2 is 1.89 bits per heavy atom. The van der Waals surface area contributed by atoms with E-state index in [0.29, 0.717) is 5.75 Å². The maximum Gasteiger partial charge on any atom is 0.238 e. The molecular formula is C15H12FNOS.